The van der Waals surface area contributed by atoms with Gasteiger partial charge in [-0.15, -0.1) is 0 Å². The summed E-state index contributed by atoms with van der Waals surface area (Å²) < 4.78 is 16.8. The van der Waals surface area contributed by atoms with Crippen LogP contribution < -0.4 is 4.74 Å². The second-order valence-electron chi connectivity index (χ2n) is 6.53. The Kier molecular flexibility index (Phi) is 6.10. The molecule has 0 bridgehead atoms. The topological polar surface area (TPSA) is 48.0 Å². The smallest absolute Gasteiger partial charge is 0.225 e. The van der Waals surface area contributed by atoms with Crippen molar-refractivity contribution in [1.82, 2.24) is 4.90 Å². The maximum atomic E-state index is 12.5. The molecule has 0 unspecified atom stereocenters. The molecule has 2 aliphatic heterocycles. The van der Waals surface area contributed by atoms with Crippen LogP contribution in [0.15, 0.2) is 24.3 Å². The molecule has 1 aromatic rings. The predicted molar refractivity (Wildman–Crippen MR) is 90.9 cm³/mol. The van der Waals surface area contributed by atoms with Gasteiger partial charge in [0.15, 0.2) is 0 Å². The Labute approximate surface area is 143 Å². The number of amides is 1. The van der Waals surface area contributed by atoms with Crippen LogP contribution in [0, 0.1) is 5.92 Å². The van der Waals surface area contributed by atoms with E-state index in [1.807, 2.05) is 29.2 Å². The lowest BCUT2D eigenvalue weighted by molar-refractivity contribution is -0.141. The minimum atomic E-state index is 0.157. The first-order valence-electron chi connectivity index (χ1n) is 8.88. The Morgan fingerprint density at radius 3 is 2.58 bits per heavy atom. The maximum absolute atomic E-state index is 12.5. The van der Waals surface area contributed by atoms with E-state index in [0.29, 0.717) is 12.5 Å². The number of nitrogens with zero attached hydrogens (tertiary/aromatic N) is 1. The quantitative estimate of drug-likeness (QED) is 0.831. The van der Waals surface area contributed by atoms with Crippen molar-refractivity contribution in [2.75, 3.05) is 33.4 Å². The Morgan fingerprint density at radius 2 is 1.88 bits per heavy atom. The number of ether oxygens (including phenoxy) is 3. The summed E-state index contributed by atoms with van der Waals surface area (Å²) in [4.78, 5) is 14.5. The SMILES string of the molecule is COc1ccccc1COC1CCN(C(=O)C2CCOCC2)CC1. The molecule has 3 rings (SSSR count). The fraction of sp³-hybridized carbons (Fsp3) is 0.632. The van der Waals surface area contributed by atoms with E-state index in [2.05, 4.69) is 0 Å². The molecule has 2 fully saturated rings. The van der Waals surface area contributed by atoms with Crippen LogP contribution in [0.3, 0.4) is 0 Å². The fourth-order valence-corrected chi connectivity index (χ4v) is 3.48. The lowest BCUT2D eigenvalue weighted by Gasteiger charge is -2.35. The monoisotopic (exact) mass is 333 g/mol. The van der Waals surface area contributed by atoms with Gasteiger partial charge in [0.05, 0.1) is 19.8 Å². The predicted octanol–water partition coefficient (Wildman–Crippen LogP) is 2.63. The summed E-state index contributed by atoms with van der Waals surface area (Å²) in [7, 11) is 1.68. The van der Waals surface area contributed by atoms with Gasteiger partial charge in [-0.2, -0.15) is 0 Å². The molecule has 0 saturated carbocycles. The van der Waals surface area contributed by atoms with Crippen LogP contribution in [0.25, 0.3) is 0 Å². The molecule has 5 nitrogen and oxygen atoms in total. The Bertz CT molecular complexity index is 534. The van der Waals surface area contributed by atoms with Gasteiger partial charge in [-0.05, 0) is 31.7 Å². The molecule has 0 radical (unpaired) electrons. The highest BCUT2D eigenvalue weighted by Crippen LogP contribution is 2.23. The zero-order chi connectivity index (χ0) is 16.8. The molecule has 1 aromatic carbocycles. The van der Waals surface area contributed by atoms with Crippen LogP contribution in [0.5, 0.6) is 5.75 Å². The average molecular weight is 333 g/mol. The van der Waals surface area contributed by atoms with E-state index in [0.717, 1.165) is 63.3 Å². The van der Waals surface area contributed by atoms with E-state index in [-0.39, 0.29) is 12.0 Å². The van der Waals surface area contributed by atoms with Gasteiger partial charge in [-0.1, -0.05) is 18.2 Å². The standard InChI is InChI=1S/C19H27NO4/c1-22-18-5-3-2-4-16(18)14-24-17-6-10-20(11-7-17)19(21)15-8-12-23-13-9-15/h2-5,15,17H,6-14H2,1H3. The molecule has 0 spiro atoms. The van der Waals surface area contributed by atoms with Crippen LogP contribution in [0.1, 0.15) is 31.2 Å². The van der Waals surface area contributed by atoms with Gasteiger partial charge in [0, 0.05) is 37.8 Å². The molecule has 132 valence electrons. The molecule has 2 heterocycles. The summed E-state index contributed by atoms with van der Waals surface area (Å²) in [5.74, 6) is 1.33. The summed E-state index contributed by atoms with van der Waals surface area (Å²) in [5, 5.41) is 0. The number of rotatable bonds is 5. The highest BCUT2D eigenvalue weighted by Gasteiger charge is 2.29. The van der Waals surface area contributed by atoms with E-state index in [4.69, 9.17) is 14.2 Å². The third-order valence-electron chi connectivity index (χ3n) is 4.99. The Morgan fingerprint density at radius 1 is 1.17 bits per heavy atom. The van der Waals surface area contributed by atoms with Crippen LogP contribution in [0.2, 0.25) is 0 Å². The molecular weight excluding hydrogens is 306 g/mol. The Balaban J connectivity index is 1.44. The molecule has 2 saturated heterocycles. The van der Waals surface area contributed by atoms with Crippen molar-refractivity contribution in [2.24, 2.45) is 5.92 Å². The minimum Gasteiger partial charge on any atom is -0.496 e. The summed E-state index contributed by atoms with van der Waals surface area (Å²) in [6, 6.07) is 7.94. The zero-order valence-electron chi connectivity index (χ0n) is 14.4. The lowest BCUT2D eigenvalue weighted by Crippen LogP contribution is -2.44. The molecule has 1 amide bonds. The second-order valence-corrected chi connectivity index (χ2v) is 6.53. The maximum Gasteiger partial charge on any atom is 0.225 e. The van der Waals surface area contributed by atoms with E-state index in [9.17, 15) is 4.79 Å². The van der Waals surface area contributed by atoms with Gasteiger partial charge in [-0.25, -0.2) is 0 Å². The third-order valence-corrected chi connectivity index (χ3v) is 4.99. The number of piperidine rings is 1. The average Bonchev–Trinajstić information content (AvgIpc) is 2.67. The second kappa shape index (κ2) is 8.49. The molecule has 5 heteroatoms. The number of likely N-dealkylation sites (tertiary alicyclic amines) is 1. The van der Waals surface area contributed by atoms with Crippen molar-refractivity contribution in [1.29, 1.82) is 0 Å². The van der Waals surface area contributed by atoms with Crippen LogP contribution >= 0.6 is 0 Å². The first-order valence-corrected chi connectivity index (χ1v) is 8.88. The normalized spacial score (nSPS) is 20.1. The number of benzene rings is 1. The lowest BCUT2D eigenvalue weighted by atomic mass is 9.97. The number of carbonyl (C=O) groups excluding carboxylic acids is 1. The number of hydrogen-bond donors (Lipinski definition) is 0. The van der Waals surface area contributed by atoms with Gasteiger partial charge < -0.3 is 19.1 Å². The molecule has 2 aliphatic rings. The van der Waals surface area contributed by atoms with Crippen molar-refractivity contribution in [3.8, 4) is 5.75 Å². The molecule has 0 aromatic heterocycles. The zero-order valence-corrected chi connectivity index (χ0v) is 14.4. The summed E-state index contributed by atoms with van der Waals surface area (Å²) in [6.45, 7) is 3.59. The van der Waals surface area contributed by atoms with Gasteiger partial charge >= 0.3 is 0 Å². The number of carbonyl (C=O) groups is 1. The van der Waals surface area contributed by atoms with Crippen molar-refractivity contribution >= 4 is 5.91 Å². The molecule has 24 heavy (non-hydrogen) atoms. The number of methoxy groups -OCH3 is 1. The first-order chi connectivity index (χ1) is 11.8. The summed E-state index contributed by atoms with van der Waals surface area (Å²) in [6.07, 6.45) is 3.76. The van der Waals surface area contributed by atoms with E-state index in [1.165, 1.54) is 0 Å². The molecular formula is C19H27NO4. The molecule has 0 aliphatic carbocycles. The van der Waals surface area contributed by atoms with Crippen molar-refractivity contribution in [2.45, 2.75) is 38.4 Å². The van der Waals surface area contributed by atoms with Crippen molar-refractivity contribution in [3.05, 3.63) is 29.8 Å². The van der Waals surface area contributed by atoms with E-state index < -0.39 is 0 Å². The van der Waals surface area contributed by atoms with Gasteiger partial charge in [0.1, 0.15) is 5.75 Å². The van der Waals surface area contributed by atoms with Crippen LogP contribution in [0.4, 0.5) is 0 Å². The van der Waals surface area contributed by atoms with Gasteiger partial charge in [-0.3, -0.25) is 4.79 Å². The summed E-state index contributed by atoms with van der Waals surface area (Å²) >= 11 is 0. The largest absolute Gasteiger partial charge is 0.496 e. The first kappa shape index (κ1) is 17.2. The van der Waals surface area contributed by atoms with Gasteiger partial charge in [0.2, 0.25) is 5.91 Å². The molecule has 0 atom stereocenters. The van der Waals surface area contributed by atoms with Crippen molar-refractivity contribution in [3.63, 3.8) is 0 Å². The minimum absolute atomic E-state index is 0.157. The van der Waals surface area contributed by atoms with Crippen molar-refractivity contribution < 1.29 is 19.0 Å². The van der Waals surface area contributed by atoms with E-state index >= 15 is 0 Å². The Hall–Kier alpha value is -1.59. The van der Waals surface area contributed by atoms with E-state index in [1.54, 1.807) is 7.11 Å². The number of hydrogen-bond acceptors (Lipinski definition) is 4. The third kappa shape index (κ3) is 4.28. The fourth-order valence-electron chi connectivity index (χ4n) is 3.48. The number of para-hydroxylation sites is 1. The molecule has 0 N–H and O–H groups in total. The highest BCUT2D eigenvalue weighted by molar-refractivity contribution is 5.79. The van der Waals surface area contributed by atoms with Crippen LogP contribution in [-0.4, -0.2) is 50.3 Å². The van der Waals surface area contributed by atoms with Crippen LogP contribution in [-0.2, 0) is 20.9 Å². The highest BCUT2D eigenvalue weighted by atomic mass is 16.5. The van der Waals surface area contributed by atoms with Gasteiger partial charge in [0.25, 0.3) is 0 Å². The summed E-state index contributed by atoms with van der Waals surface area (Å²) in [5.41, 5.74) is 1.07.